The predicted molar refractivity (Wildman–Crippen MR) is 77.0 cm³/mol. The second-order valence-corrected chi connectivity index (χ2v) is 4.55. The van der Waals surface area contributed by atoms with Crippen LogP contribution in [0.3, 0.4) is 0 Å². The Labute approximate surface area is 141 Å². The van der Waals surface area contributed by atoms with Gasteiger partial charge < -0.3 is 15.5 Å². The van der Waals surface area contributed by atoms with Crippen molar-refractivity contribution in [2.24, 2.45) is 0 Å². The third-order valence-electron chi connectivity index (χ3n) is 2.79. The summed E-state index contributed by atoms with van der Waals surface area (Å²) in [5.41, 5.74) is 0. The van der Waals surface area contributed by atoms with Gasteiger partial charge in [0.25, 0.3) is 0 Å². The van der Waals surface area contributed by atoms with Gasteiger partial charge in [-0.05, 0) is 12.8 Å². The fourth-order valence-electron chi connectivity index (χ4n) is 1.68. The molecular formula is C13H24NNaO5. The second-order valence-electron chi connectivity index (χ2n) is 4.55. The van der Waals surface area contributed by atoms with Crippen molar-refractivity contribution < 1.29 is 24.6 Å². The van der Waals surface area contributed by atoms with Crippen molar-refractivity contribution in [1.82, 2.24) is 5.32 Å². The van der Waals surface area contributed by atoms with Crippen LogP contribution in [0.15, 0.2) is 0 Å². The number of unbranched alkanes of at least 4 members (excludes halogenated alkanes) is 4. The first kappa shape index (κ1) is 21.7. The van der Waals surface area contributed by atoms with Gasteiger partial charge in [-0.3, -0.25) is 9.59 Å². The Morgan fingerprint density at radius 1 is 1.00 bits per heavy atom. The molecule has 0 fully saturated rings. The number of carboxylic acids is 2. The van der Waals surface area contributed by atoms with Crippen LogP contribution < -0.4 is 5.32 Å². The molecule has 0 aromatic rings. The zero-order valence-corrected chi connectivity index (χ0v) is 11.4. The Morgan fingerprint density at radius 3 is 2.10 bits per heavy atom. The summed E-state index contributed by atoms with van der Waals surface area (Å²) in [6, 6.07) is -1.11. The summed E-state index contributed by atoms with van der Waals surface area (Å²) in [6.45, 7) is 2.10. The summed E-state index contributed by atoms with van der Waals surface area (Å²) in [7, 11) is 0. The first-order valence-electron chi connectivity index (χ1n) is 6.71. The van der Waals surface area contributed by atoms with Crippen LogP contribution in [0.1, 0.15) is 58.3 Å². The molecule has 0 bridgehead atoms. The van der Waals surface area contributed by atoms with Gasteiger partial charge in [0.1, 0.15) is 6.04 Å². The zero-order valence-electron chi connectivity index (χ0n) is 11.4. The number of hydrogen-bond acceptors (Lipinski definition) is 3. The van der Waals surface area contributed by atoms with E-state index in [4.69, 9.17) is 10.2 Å². The van der Waals surface area contributed by atoms with Crippen LogP contribution >= 0.6 is 0 Å². The van der Waals surface area contributed by atoms with Gasteiger partial charge in [-0.1, -0.05) is 32.6 Å². The molecule has 0 heterocycles. The van der Waals surface area contributed by atoms with Gasteiger partial charge in [0.2, 0.25) is 5.91 Å². The number of carbonyl (C=O) groups is 3. The third kappa shape index (κ3) is 12.4. The Balaban J connectivity index is 0. The van der Waals surface area contributed by atoms with Gasteiger partial charge in [0.15, 0.2) is 0 Å². The summed E-state index contributed by atoms with van der Waals surface area (Å²) < 4.78 is 0. The number of aliphatic carboxylic acids is 2. The monoisotopic (exact) mass is 297 g/mol. The van der Waals surface area contributed by atoms with E-state index in [0.717, 1.165) is 32.1 Å². The number of rotatable bonds is 11. The summed E-state index contributed by atoms with van der Waals surface area (Å²) >= 11 is 0. The molecule has 0 rings (SSSR count). The predicted octanol–water partition coefficient (Wildman–Crippen LogP) is 1.13. The van der Waals surface area contributed by atoms with E-state index in [1.807, 2.05) is 0 Å². The summed E-state index contributed by atoms with van der Waals surface area (Å²) in [5, 5.41) is 19.7. The third-order valence-corrected chi connectivity index (χ3v) is 2.79. The van der Waals surface area contributed by atoms with E-state index in [0.29, 0.717) is 6.42 Å². The van der Waals surface area contributed by atoms with Gasteiger partial charge in [-0.2, -0.15) is 0 Å². The molecule has 0 aliphatic heterocycles. The van der Waals surface area contributed by atoms with Gasteiger partial charge in [0, 0.05) is 12.8 Å². The van der Waals surface area contributed by atoms with Crippen LogP contribution in [0.4, 0.5) is 0 Å². The number of carboxylic acid groups (broad SMARTS) is 2. The number of amides is 1. The van der Waals surface area contributed by atoms with E-state index in [2.05, 4.69) is 12.2 Å². The summed E-state index contributed by atoms with van der Waals surface area (Å²) in [5.74, 6) is -2.59. The molecule has 6 nitrogen and oxygen atoms in total. The number of nitrogens with one attached hydrogen (secondary N) is 1. The van der Waals surface area contributed by atoms with E-state index >= 15 is 0 Å². The summed E-state index contributed by atoms with van der Waals surface area (Å²) in [6.07, 6.45) is 4.96. The van der Waals surface area contributed by atoms with E-state index in [1.54, 1.807) is 0 Å². The van der Waals surface area contributed by atoms with Gasteiger partial charge in [-0.15, -0.1) is 0 Å². The van der Waals surface area contributed by atoms with Crippen molar-refractivity contribution in [3.63, 3.8) is 0 Å². The molecular weight excluding hydrogens is 273 g/mol. The molecule has 0 aromatic carbocycles. The molecule has 20 heavy (non-hydrogen) atoms. The number of hydrogen-bond donors (Lipinski definition) is 3. The zero-order chi connectivity index (χ0) is 14.7. The van der Waals surface area contributed by atoms with Crippen LogP contribution in [0.5, 0.6) is 0 Å². The molecule has 1 atom stereocenters. The first-order chi connectivity index (χ1) is 8.97. The molecule has 0 spiro atoms. The standard InChI is InChI=1S/C13H23NO5.Na.H/c1-2-3-4-5-6-7-11(15)14-10(13(18)19)8-9-12(16)17;;/h10H,2-9H2,1H3,(H,14,15)(H,16,17)(H,18,19);;/t10-;;/m0../s1. The Kier molecular flexibility index (Phi) is 14.5. The molecule has 112 valence electrons. The quantitative estimate of drug-likeness (QED) is 0.392. The summed E-state index contributed by atoms with van der Waals surface area (Å²) in [4.78, 5) is 32.7. The molecule has 1 amide bonds. The van der Waals surface area contributed by atoms with Crippen LogP contribution in [-0.2, 0) is 14.4 Å². The fraction of sp³-hybridized carbons (Fsp3) is 0.769. The van der Waals surface area contributed by atoms with Gasteiger partial charge in [0.05, 0.1) is 0 Å². The molecule has 3 N–H and O–H groups in total. The minimum absolute atomic E-state index is 0. The van der Waals surface area contributed by atoms with Gasteiger partial charge in [-0.25, -0.2) is 4.79 Å². The molecule has 0 aromatic heterocycles. The fourth-order valence-corrected chi connectivity index (χ4v) is 1.68. The first-order valence-corrected chi connectivity index (χ1v) is 6.71. The maximum absolute atomic E-state index is 11.5. The normalized spacial score (nSPS) is 11.2. The topological polar surface area (TPSA) is 104 Å². The van der Waals surface area contributed by atoms with Crippen LogP contribution in [-0.4, -0.2) is 63.7 Å². The van der Waals surface area contributed by atoms with E-state index in [-0.39, 0.29) is 48.3 Å². The van der Waals surface area contributed by atoms with Crippen LogP contribution in [0.2, 0.25) is 0 Å². The number of carbonyl (C=O) groups excluding carboxylic acids is 1. The van der Waals surface area contributed by atoms with Crippen molar-refractivity contribution in [1.29, 1.82) is 0 Å². The second kappa shape index (κ2) is 13.4. The van der Waals surface area contributed by atoms with Crippen molar-refractivity contribution in [3.8, 4) is 0 Å². The Morgan fingerprint density at radius 2 is 1.60 bits per heavy atom. The molecule has 0 saturated heterocycles. The molecule has 0 saturated carbocycles. The van der Waals surface area contributed by atoms with Crippen LogP contribution in [0, 0.1) is 0 Å². The van der Waals surface area contributed by atoms with Crippen molar-refractivity contribution in [2.45, 2.75) is 64.3 Å². The van der Waals surface area contributed by atoms with E-state index in [1.165, 1.54) is 0 Å². The maximum atomic E-state index is 11.5. The molecule has 0 aliphatic carbocycles. The molecule has 7 heteroatoms. The average Bonchev–Trinajstić information content (AvgIpc) is 2.33. The Bertz CT molecular complexity index is 309. The Hall–Kier alpha value is -0.590. The van der Waals surface area contributed by atoms with Crippen LogP contribution in [0.25, 0.3) is 0 Å². The molecule has 0 radical (unpaired) electrons. The van der Waals surface area contributed by atoms with Crippen molar-refractivity contribution in [3.05, 3.63) is 0 Å². The van der Waals surface area contributed by atoms with E-state index < -0.39 is 18.0 Å². The van der Waals surface area contributed by atoms with Crippen molar-refractivity contribution >= 4 is 47.4 Å². The van der Waals surface area contributed by atoms with Crippen molar-refractivity contribution in [2.75, 3.05) is 0 Å². The van der Waals surface area contributed by atoms with E-state index in [9.17, 15) is 14.4 Å². The minimum atomic E-state index is -1.19. The molecule has 0 unspecified atom stereocenters. The SMILES string of the molecule is CCCCCCCC(=O)N[C@@H](CCC(=O)O)C(=O)O.[NaH]. The molecule has 0 aliphatic rings. The average molecular weight is 297 g/mol. The van der Waals surface area contributed by atoms with Gasteiger partial charge >= 0.3 is 41.5 Å².